The van der Waals surface area contributed by atoms with Crippen LogP contribution in [0.2, 0.25) is 5.02 Å². The molecule has 0 aliphatic heterocycles. The van der Waals surface area contributed by atoms with Gasteiger partial charge in [-0.05, 0) is 41.2 Å². The van der Waals surface area contributed by atoms with Crippen molar-refractivity contribution in [1.82, 2.24) is 9.97 Å². The maximum atomic E-state index is 5.92. The lowest BCUT2D eigenvalue weighted by atomic mass is 10.0. The summed E-state index contributed by atoms with van der Waals surface area (Å²) in [4.78, 5) is 7.90. The molecule has 23 heavy (non-hydrogen) atoms. The molecule has 0 saturated heterocycles. The Balaban J connectivity index is 1.72. The second-order valence-electron chi connectivity index (χ2n) is 6.34. The summed E-state index contributed by atoms with van der Waals surface area (Å²) in [5.41, 5.74) is 4.81. The molecular formula is C20H21ClN2. The molecule has 0 unspecified atom stereocenters. The lowest BCUT2D eigenvalue weighted by molar-refractivity contribution is 0.647. The molecule has 1 heterocycles. The van der Waals surface area contributed by atoms with Gasteiger partial charge in [-0.25, -0.2) is 4.98 Å². The van der Waals surface area contributed by atoms with Crippen LogP contribution in [-0.2, 0) is 12.8 Å². The Labute approximate surface area is 142 Å². The Morgan fingerprint density at radius 2 is 1.61 bits per heavy atom. The van der Waals surface area contributed by atoms with Crippen LogP contribution in [0.4, 0.5) is 0 Å². The van der Waals surface area contributed by atoms with Crippen molar-refractivity contribution in [2.75, 3.05) is 0 Å². The van der Waals surface area contributed by atoms with Crippen molar-refractivity contribution in [1.29, 1.82) is 0 Å². The monoisotopic (exact) mass is 324 g/mol. The summed E-state index contributed by atoms with van der Waals surface area (Å²) in [5.74, 6) is 1.65. The average molecular weight is 325 g/mol. The van der Waals surface area contributed by atoms with Gasteiger partial charge in [-0.1, -0.05) is 61.8 Å². The van der Waals surface area contributed by atoms with Gasteiger partial charge in [-0.15, -0.1) is 0 Å². The van der Waals surface area contributed by atoms with E-state index in [0.717, 1.165) is 29.4 Å². The second kappa shape index (κ2) is 7.01. The number of nitrogens with one attached hydrogen (secondary N) is 1. The van der Waals surface area contributed by atoms with E-state index in [1.165, 1.54) is 16.7 Å². The van der Waals surface area contributed by atoms with Crippen LogP contribution in [0.15, 0.2) is 54.7 Å². The minimum absolute atomic E-state index is 0.680. The molecule has 1 aromatic heterocycles. The summed E-state index contributed by atoms with van der Waals surface area (Å²) in [5, 5.41) is 0.760. The first-order chi connectivity index (χ1) is 11.1. The van der Waals surface area contributed by atoms with Crippen molar-refractivity contribution in [3.8, 4) is 11.3 Å². The van der Waals surface area contributed by atoms with Crippen molar-refractivity contribution < 1.29 is 0 Å². The zero-order chi connectivity index (χ0) is 16.2. The average Bonchev–Trinajstić information content (AvgIpc) is 2.98. The van der Waals surface area contributed by atoms with Gasteiger partial charge in [0.25, 0.3) is 0 Å². The number of aromatic amines is 1. The Hall–Kier alpha value is -2.06. The number of aromatic nitrogens is 2. The highest BCUT2D eigenvalue weighted by molar-refractivity contribution is 6.30. The molecule has 0 fully saturated rings. The molecule has 0 saturated carbocycles. The normalized spacial score (nSPS) is 11.1. The lowest BCUT2D eigenvalue weighted by Crippen LogP contribution is -1.93. The van der Waals surface area contributed by atoms with Crippen molar-refractivity contribution in [3.63, 3.8) is 0 Å². The smallest absolute Gasteiger partial charge is 0.110 e. The second-order valence-corrected chi connectivity index (χ2v) is 6.78. The third-order valence-corrected chi connectivity index (χ3v) is 4.07. The molecule has 118 valence electrons. The largest absolute Gasteiger partial charge is 0.342 e. The van der Waals surface area contributed by atoms with Crippen molar-refractivity contribution in [2.24, 2.45) is 5.92 Å². The summed E-state index contributed by atoms with van der Waals surface area (Å²) < 4.78 is 0. The quantitative estimate of drug-likeness (QED) is 0.657. The molecule has 0 atom stereocenters. The number of H-pyrrole nitrogens is 1. The van der Waals surface area contributed by atoms with Crippen LogP contribution >= 0.6 is 11.6 Å². The zero-order valence-corrected chi connectivity index (χ0v) is 14.3. The lowest BCUT2D eigenvalue weighted by Gasteiger charge is -2.05. The predicted octanol–water partition coefficient (Wildman–Crippen LogP) is 5.52. The predicted molar refractivity (Wildman–Crippen MR) is 96.8 cm³/mol. The van der Waals surface area contributed by atoms with E-state index in [4.69, 9.17) is 11.6 Å². The summed E-state index contributed by atoms with van der Waals surface area (Å²) in [6, 6.07) is 16.6. The van der Waals surface area contributed by atoms with Gasteiger partial charge in [-0.3, -0.25) is 0 Å². The van der Waals surface area contributed by atoms with Gasteiger partial charge in [-0.2, -0.15) is 0 Å². The highest BCUT2D eigenvalue weighted by atomic mass is 35.5. The van der Waals surface area contributed by atoms with Crippen LogP contribution in [-0.4, -0.2) is 9.97 Å². The first kappa shape index (κ1) is 15.8. The molecule has 0 aliphatic carbocycles. The third-order valence-electron chi connectivity index (χ3n) is 3.82. The van der Waals surface area contributed by atoms with Crippen molar-refractivity contribution in [3.05, 3.63) is 76.7 Å². The summed E-state index contributed by atoms with van der Waals surface area (Å²) in [6.45, 7) is 4.48. The van der Waals surface area contributed by atoms with Gasteiger partial charge < -0.3 is 4.98 Å². The van der Waals surface area contributed by atoms with Crippen molar-refractivity contribution in [2.45, 2.75) is 26.7 Å². The van der Waals surface area contributed by atoms with E-state index in [1.807, 2.05) is 30.5 Å². The van der Waals surface area contributed by atoms with Crippen LogP contribution in [0, 0.1) is 5.92 Å². The molecular weight excluding hydrogens is 304 g/mol. The number of benzene rings is 2. The molecule has 0 spiro atoms. The summed E-state index contributed by atoms with van der Waals surface area (Å²) >= 11 is 5.92. The maximum Gasteiger partial charge on any atom is 0.110 e. The minimum Gasteiger partial charge on any atom is -0.342 e. The number of rotatable bonds is 5. The SMILES string of the molecule is CC(C)Cc1ccc(-c2cnc(Cc3ccc(Cl)cc3)[nH]2)cc1. The Morgan fingerprint density at radius 1 is 0.957 bits per heavy atom. The van der Waals surface area contributed by atoms with E-state index in [2.05, 4.69) is 48.1 Å². The van der Waals surface area contributed by atoms with E-state index in [1.54, 1.807) is 0 Å². The van der Waals surface area contributed by atoms with Gasteiger partial charge in [0.2, 0.25) is 0 Å². The number of nitrogens with zero attached hydrogens (tertiary/aromatic N) is 1. The third kappa shape index (κ3) is 4.23. The Bertz CT molecular complexity index is 755. The fourth-order valence-electron chi connectivity index (χ4n) is 2.69. The van der Waals surface area contributed by atoms with Gasteiger partial charge >= 0.3 is 0 Å². The minimum atomic E-state index is 0.680. The van der Waals surface area contributed by atoms with E-state index in [0.29, 0.717) is 5.92 Å². The zero-order valence-electron chi connectivity index (χ0n) is 13.5. The molecule has 3 heteroatoms. The molecule has 3 aromatic rings. The fourth-order valence-corrected chi connectivity index (χ4v) is 2.81. The number of halogens is 1. The molecule has 3 rings (SSSR count). The summed E-state index contributed by atoms with van der Waals surface area (Å²) in [6.07, 6.45) is 3.80. The number of hydrogen-bond donors (Lipinski definition) is 1. The first-order valence-electron chi connectivity index (χ1n) is 7.98. The summed E-state index contributed by atoms with van der Waals surface area (Å²) in [7, 11) is 0. The van der Waals surface area contributed by atoms with Crippen LogP contribution < -0.4 is 0 Å². The molecule has 0 radical (unpaired) electrons. The molecule has 0 aliphatic rings. The van der Waals surface area contributed by atoms with E-state index in [9.17, 15) is 0 Å². The highest BCUT2D eigenvalue weighted by Gasteiger charge is 2.05. The highest BCUT2D eigenvalue weighted by Crippen LogP contribution is 2.20. The molecule has 2 nitrogen and oxygen atoms in total. The molecule has 0 bridgehead atoms. The standard InChI is InChI=1S/C20H21ClN2/c1-14(2)11-15-3-7-17(8-4-15)19-13-22-20(23-19)12-16-5-9-18(21)10-6-16/h3-10,13-14H,11-12H2,1-2H3,(H,22,23). The molecule has 1 N–H and O–H groups in total. The van der Waals surface area contributed by atoms with Crippen molar-refractivity contribution >= 4 is 11.6 Å². The Morgan fingerprint density at radius 3 is 2.26 bits per heavy atom. The molecule has 0 amide bonds. The van der Waals surface area contributed by atoms with E-state index in [-0.39, 0.29) is 0 Å². The number of imidazole rings is 1. The maximum absolute atomic E-state index is 5.92. The van der Waals surface area contributed by atoms with Gasteiger partial charge in [0, 0.05) is 11.4 Å². The van der Waals surface area contributed by atoms with Crippen LogP contribution in [0.5, 0.6) is 0 Å². The van der Waals surface area contributed by atoms with Crippen LogP contribution in [0.1, 0.15) is 30.8 Å². The van der Waals surface area contributed by atoms with Gasteiger partial charge in [0.05, 0.1) is 11.9 Å². The topological polar surface area (TPSA) is 28.7 Å². The van der Waals surface area contributed by atoms with Gasteiger partial charge in [0.15, 0.2) is 0 Å². The van der Waals surface area contributed by atoms with Crippen LogP contribution in [0.25, 0.3) is 11.3 Å². The van der Waals surface area contributed by atoms with Crippen LogP contribution in [0.3, 0.4) is 0 Å². The number of hydrogen-bond acceptors (Lipinski definition) is 1. The Kier molecular flexibility index (Phi) is 4.82. The molecule has 2 aromatic carbocycles. The first-order valence-corrected chi connectivity index (χ1v) is 8.35. The van der Waals surface area contributed by atoms with E-state index < -0.39 is 0 Å². The fraction of sp³-hybridized carbons (Fsp3) is 0.250. The van der Waals surface area contributed by atoms with E-state index >= 15 is 0 Å². The van der Waals surface area contributed by atoms with Gasteiger partial charge in [0.1, 0.15) is 5.82 Å².